The van der Waals surface area contributed by atoms with E-state index in [4.69, 9.17) is 10.8 Å². The van der Waals surface area contributed by atoms with Gasteiger partial charge in [-0.05, 0) is 40.3 Å². The predicted octanol–water partition coefficient (Wildman–Crippen LogP) is 2.18. The zero-order valence-electron chi connectivity index (χ0n) is 6.50. The standard InChI is InChI=1S/C9H10INO/c1-2-9(11)7-4-3-6(12)5-8(7)10/h2-5,9,12H,1,11H2/t9-/m1/s1. The third-order valence-corrected chi connectivity index (χ3v) is 2.53. The van der Waals surface area contributed by atoms with Gasteiger partial charge in [0.15, 0.2) is 0 Å². The first-order valence-electron chi connectivity index (χ1n) is 3.51. The van der Waals surface area contributed by atoms with Crippen LogP contribution in [0.15, 0.2) is 30.9 Å². The van der Waals surface area contributed by atoms with E-state index in [1.807, 2.05) is 6.07 Å². The van der Waals surface area contributed by atoms with Gasteiger partial charge in [-0.2, -0.15) is 0 Å². The Labute approximate surface area is 85.2 Å². The molecule has 0 fully saturated rings. The third kappa shape index (κ3) is 1.98. The van der Waals surface area contributed by atoms with E-state index in [0.29, 0.717) is 0 Å². The van der Waals surface area contributed by atoms with E-state index in [1.54, 1.807) is 18.2 Å². The Morgan fingerprint density at radius 2 is 2.25 bits per heavy atom. The largest absolute Gasteiger partial charge is 0.508 e. The van der Waals surface area contributed by atoms with Gasteiger partial charge in [0.2, 0.25) is 0 Å². The fourth-order valence-electron chi connectivity index (χ4n) is 0.913. The van der Waals surface area contributed by atoms with Crippen molar-refractivity contribution in [2.24, 2.45) is 5.73 Å². The van der Waals surface area contributed by atoms with Crippen LogP contribution in [0.1, 0.15) is 11.6 Å². The van der Waals surface area contributed by atoms with Crippen LogP contribution in [-0.4, -0.2) is 5.11 Å². The number of benzene rings is 1. The molecule has 1 aromatic carbocycles. The van der Waals surface area contributed by atoms with E-state index in [-0.39, 0.29) is 11.8 Å². The van der Waals surface area contributed by atoms with Crippen molar-refractivity contribution in [3.8, 4) is 5.75 Å². The Bertz CT molecular complexity index is 299. The van der Waals surface area contributed by atoms with Crippen LogP contribution in [0.2, 0.25) is 0 Å². The van der Waals surface area contributed by atoms with Crippen molar-refractivity contribution in [1.29, 1.82) is 0 Å². The van der Waals surface area contributed by atoms with Gasteiger partial charge in [-0.15, -0.1) is 6.58 Å². The molecule has 0 amide bonds. The second-order valence-electron chi connectivity index (χ2n) is 2.47. The molecule has 0 aliphatic heterocycles. The Balaban J connectivity index is 3.09. The molecule has 1 atom stereocenters. The van der Waals surface area contributed by atoms with Gasteiger partial charge in [0.05, 0.1) is 0 Å². The molecule has 0 spiro atoms. The van der Waals surface area contributed by atoms with Gasteiger partial charge < -0.3 is 10.8 Å². The van der Waals surface area contributed by atoms with Crippen molar-refractivity contribution in [2.45, 2.75) is 6.04 Å². The summed E-state index contributed by atoms with van der Waals surface area (Å²) >= 11 is 2.14. The maximum absolute atomic E-state index is 9.12. The molecular weight excluding hydrogens is 265 g/mol. The van der Waals surface area contributed by atoms with Crippen molar-refractivity contribution >= 4 is 22.6 Å². The first kappa shape index (κ1) is 9.54. The first-order chi connectivity index (χ1) is 5.65. The van der Waals surface area contributed by atoms with Crippen LogP contribution in [-0.2, 0) is 0 Å². The van der Waals surface area contributed by atoms with E-state index in [2.05, 4.69) is 29.2 Å². The molecule has 0 aliphatic rings. The van der Waals surface area contributed by atoms with Gasteiger partial charge in [-0.25, -0.2) is 0 Å². The Morgan fingerprint density at radius 3 is 2.75 bits per heavy atom. The number of aromatic hydroxyl groups is 1. The van der Waals surface area contributed by atoms with Gasteiger partial charge in [0, 0.05) is 9.61 Å². The molecule has 0 bridgehead atoms. The summed E-state index contributed by atoms with van der Waals surface area (Å²) in [6.07, 6.45) is 1.68. The van der Waals surface area contributed by atoms with Crippen LogP contribution >= 0.6 is 22.6 Å². The zero-order chi connectivity index (χ0) is 9.14. The normalized spacial score (nSPS) is 12.5. The summed E-state index contributed by atoms with van der Waals surface area (Å²) in [6.45, 7) is 3.61. The number of phenolic OH excluding ortho intramolecular Hbond substituents is 1. The number of phenols is 1. The van der Waals surface area contributed by atoms with Crippen molar-refractivity contribution in [2.75, 3.05) is 0 Å². The maximum Gasteiger partial charge on any atom is 0.116 e. The summed E-state index contributed by atoms with van der Waals surface area (Å²) in [7, 11) is 0. The minimum Gasteiger partial charge on any atom is -0.508 e. The van der Waals surface area contributed by atoms with Crippen LogP contribution < -0.4 is 5.73 Å². The molecule has 1 aromatic rings. The number of halogens is 1. The lowest BCUT2D eigenvalue weighted by Crippen LogP contribution is -2.07. The summed E-state index contributed by atoms with van der Waals surface area (Å²) in [5.41, 5.74) is 6.73. The van der Waals surface area contributed by atoms with Crippen molar-refractivity contribution in [3.63, 3.8) is 0 Å². The molecule has 0 radical (unpaired) electrons. The van der Waals surface area contributed by atoms with Crippen LogP contribution in [0, 0.1) is 3.57 Å². The fraction of sp³-hybridized carbons (Fsp3) is 0.111. The minimum absolute atomic E-state index is 0.155. The van der Waals surface area contributed by atoms with Crippen LogP contribution in [0.5, 0.6) is 5.75 Å². The van der Waals surface area contributed by atoms with Gasteiger partial charge in [-0.1, -0.05) is 12.1 Å². The molecule has 12 heavy (non-hydrogen) atoms. The smallest absolute Gasteiger partial charge is 0.116 e. The van der Waals surface area contributed by atoms with Crippen molar-refractivity contribution in [1.82, 2.24) is 0 Å². The van der Waals surface area contributed by atoms with Crippen LogP contribution in [0.4, 0.5) is 0 Å². The number of hydrogen-bond acceptors (Lipinski definition) is 2. The fourth-order valence-corrected chi connectivity index (χ4v) is 1.77. The second-order valence-corrected chi connectivity index (χ2v) is 3.63. The summed E-state index contributed by atoms with van der Waals surface area (Å²) in [5, 5.41) is 9.12. The van der Waals surface area contributed by atoms with E-state index in [1.165, 1.54) is 0 Å². The van der Waals surface area contributed by atoms with Gasteiger partial charge in [-0.3, -0.25) is 0 Å². The number of hydrogen-bond donors (Lipinski definition) is 2. The zero-order valence-corrected chi connectivity index (χ0v) is 8.65. The van der Waals surface area contributed by atoms with Gasteiger partial charge in [0.1, 0.15) is 5.75 Å². The van der Waals surface area contributed by atoms with Crippen LogP contribution in [0.25, 0.3) is 0 Å². The van der Waals surface area contributed by atoms with E-state index >= 15 is 0 Å². The van der Waals surface area contributed by atoms with E-state index < -0.39 is 0 Å². The molecular formula is C9H10INO. The lowest BCUT2D eigenvalue weighted by molar-refractivity contribution is 0.474. The maximum atomic E-state index is 9.12. The van der Waals surface area contributed by atoms with Crippen LogP contribution in [0.3, 0.4) is 0 Å². The SMILES string of the molecule is C=C[C@@H](N)c1ccc(O)cc1I. The second kappa shape index (κ2) is 3.91. The highest BCUT2D eigenvalue weighted by molar-refractivity contribution is 14.1. The average molecular weight is 275 g/mol. The summed E-state index contributed by atoms with van der Waals surface area (Å²) in [4.78, 5) is 0. The van der Waals surface area contributed by atoms with E-state index in [9.17, 15) is 0 Å². The lowest BCUT2D eigenvalue weighted by Gasteiger charge is -2.08. The molecule has 64 valence electrons. The quantitative estimate of drug-likeness (QED) is 0.642. The third-order valence-electron chi connectivity index (χ3n) is 1.60. The van der Waals surface area contributed by atoms with Gasteiger partial charge >= 0.3 is 0 Å². The minimum atomic E-state index is -0.155. The summed E-state index contributed by atoms with van der Waals surface area (Å²) in [5.74, 6) is 0.263. The summed E-state index contributed by atoms with van der Waals surface area (Å²) < 4.78 is 0.958. The number of rotatable bonds is 2. The first-order valence-corrected chi connectivity index (χ1v) is 4.59. The Kier molecular flexibility index (Phi) is 3.11. The molecule has 0 saturated carbocycles. The molecule has 1 rings (SSSR count). The topological polar surface area (TPSA) is 46.2 Å². The monoisotopic (exact) mass is 275 g/mol. The molecule has 2 nitrogen and oxygen atoms in total. The average Bonchev–Trinajstić information content (AvgIpc) is 2.03. The molecule has 0 aliphatic carbocycles. The Hall–Kier alpha value is -0.550. The lowest BCUT2D eigenvalue weighted by atomic mass is 10.1. The molecule has 0 heterocycles. The molecule has 0 unspecified atom stereocenters. The van der Waals surface area contributed by atoms with Gasteiger partial charge in [0.25, 0.3) is 0 Å². The Morgan fingerprint density at radius 1 is 1.58 bits per heavy atom. The highest BCUT2D eigenvalue weighted by atomic mass is 127. The molecule has 3 N–H and O–H groups in total. The number of nitrogens with two attached hydrogens (primary N) is 1. The van der Waals surface area contributed by atoms with E-state index in [0.717, 1.165) is 9.13 Å². The highest BCUT2D eigenvalue weighted by Crippen LogP contribution is 2.22. The molecule has 3 heteroatoms. The highest BCUT2D eigenvalue weighted by Gasteiger charge is 2.05. The predicted molar refractivity (Wildman–Crippen MR) is 57.9 cm³/mol. The van der Waals surface area contributed by atoms with Crippen molar-refractivity contribution < 1.29 is 5.11 Å². The van der Waals surface area contributed by atoms with Crippen molar-refractivity contribution in [3.05, 3.63) is 40.0 Å². The molecule has 0 aromatic heterocycles. The summed E-state index contributed by atoms with van der Waals surface area (Å²) in [6, 6.07) is 4.96. The molecule has 0 saturated heterocycles.